The zero-order valence-electron chi connectivity index (χ0n) is 16.7. The molecule has 0 aliphatic carbocycles. The third-order valence-electron chi connectivity index (χ3n) is 5.31. The molecule has 1 aromatic heterocycles. The Morgan fingerprint density at radius 1 is 0.800 bits per heavy atom. The first-order chi connectivity index (χ1) is 14.1. The van der Waals surface area contributed by atoms with Crippen LogP contribution in [0.5, 0.6) is 0 Å². The molecule has 0 amide bonds. The molecule has 30 heavy (non-hydrogen) atoms. The molecule has 0 aliphatic heterocycles. The van der Waals surface area contributed by atoms with Gasteiger partial charge in [0.25, 0.3) is 5.56 Å². The molecular weight excluding hydrogens is 389 g/mol. The lowest BCUT2D eigenvalue weighted by molar-refractivity contribution is -0.137. The zero-order valence-corrected chi connectivity index (χ0v) is 16.7. The lowest BCUT2D eigenvalue weighted by atomic mass is 9.96. The molecule has 6 heteroatoms. The molecule has 1 N–H and O–H groups in total. The summed E-state index contributed by atoms with van der Waals surface area (Å²) in [5.74, 6) is 0.109. The minimum atomic E-state index is -4.53. The molecule has 0 atom stereocenters. The first-order valence-corrected chi connectivity index (χ1v) is 9.43. The van der Waals surface area contributed by atoms with Gasteiger partial charge in [-0.2, -0.15) is 13.2 Å². The van der Waals surface area contributed by atoms with Gasteiger partial charge in [0.05, 0.1) is 16.5 Å². The number of para-hydroxylation sites is 1. The summed E-state index contributed by atoms with van der Waals surface area (Å²) in [5.41, 5.74) is 3.41. The molecule has 152 valence electrons. The monoisotopic (exact) mass is 408 g/mol. The van der Waals surface area contributed by atoms with Crippen LogP contribution in [0.4, 0.5) is 13.2 Å². The van der Waals surface area contributed by atoms with Crippen molar-refractivity contribution in [3.8, 4) is 22.5 Å². The predicted octanol–water partition coefficient (Wildman–Crippen LogP) is 6.20. The van der Waals surface area contributed by atoms with Crippen LogP contribution in [0.15, 0.2) is 59.4 Å². The van der Waals surface area contributed by atoms with Crippen LogP contribution >= 0.6 is 0 Å². The number of hydrogen-bond donors (Lipinski definition) is 1. The molecule has 0 fully saturated rings. The zero-order chi connectivity index (χ0) is 21.6. The third kappa shape index (κ3) is 3.61. The number of fused-ring (bicyclic) bond motifs is 1. The Kier molecular flexibility index (Phi) is 4.73. The fourth-order valence-corrected chi connectivity index (χ4v) is 3.46. The minimum Gasteiger partial charge on any atom is -0.306 e. The van der Waals surface area contributed by atoms with Gasteiger partial charge < -0.3 is 4.98 Å². The molecular formula is C24H19F3N2O. The van der Waals surface area contributed by atoms with Gasteiger partial charge in [0, 0.05) is 5.56 Å². The van der Waals surface area contributed by atoms with E-state index in [9.17, 15) is 18.0 Å². The number of benzene rings is 3. The number of aromatic nitrogens is 2. The van der Waals surface area contributed by atoms with Crippen molar-refractivity contribution in [2.24, 2.45) is 0 Å². The van der Waals surface area contributed by atoms with Crippen LogP contribution in [0, 0.1) is 20.8 Å². The number of alkyl halides is 3. The van der Waals surface area contributed by atoms with Crippen molar-refractivity contribution in [3.05, 3.63) is 87.2 Å². The van der Waals surface area contributed by atoms with Crippen LogP contribution in [0.3, 0.4) is 0 Å². The van der Waals surface area contributed by atoms with Gasteiger partial charge >= 0.3 is 6.18 Å². The van der Waals surface area contributed by atoms with Crippen molar-refractivity contribution in [1.29, 1.82) is 0 Å². The fraction of sp³-hybridized carbons (Fsp3) is 0.167. The molecule has 4 rings (SSSR count). The van der Waals surface area contributed by atoms with Crippen molar-refractivity contribution in [2.75, 3.05) is 0 Å². The molecule has 0 radical (unpaired) electrons. The molecule has 0 aliphatic rings. The van der Waals surface area contributed by atoms with Crippen molar-refractivity contribution in [3.63, 3.8) is 0 Å². The average Bonchev–Trinajstić information content (AvgIpc) is 2.70. The Balaban J connectivity index is 1.98. The number of nitrogens with one attached hydrogen (secondary N) is 1. The van der Waals surface area contributed by atoms with Crippen LogP contribution < -0.4 is 5.56 Å². The van der Waals surface area contributed by atoms with Crippen LogP contribution in [0.25, 0.3) is 33.4 Å². The molecule has 0 saturated heterocycles. The highest BCUT2D eigenvalue weighted by atomic mass is 19.4. The van der Waals surface area contributed by atoms with Crippen LogP contribution in [-0.2, 0) is 6.18 Å². The first kappa shape index (κ1) is 19.9. The fourth-order valence-electron chi connectivity index (χ4n) is 3.46. The molecule has 0 saturated carbocycles. The van der Waals surface area contributed by atoms with Gasteiger partial charge in [-0.3, -0.25) is 4.79 Å². The maximum Gasteiger partial charge on any atom is 0.416 e. The number of hydrogen-bond acceptors (Lipinski definition) is 2. The summed E-state index contributed by atoms with van der Waals surface area (Å²) in [6.45, 7) is 5.67. The van der Waals surface area contributed by atoms with Crippen LogP contribution in [0.2, 0.25) is 0 Å². The lowest BCUT2D eigenvalue weighted by Gasteiger charge is -2.14. The molecule has 3 nitrogen and oxygen atoms in total. The van der Waals surface area contributed by atoms with Crippen molar-refractivity contribution >= 4 is 10.9 Å². The summed E-state index contributed by atoms with van der Waals surface area (Å²) in [6.07, 6.45) is -4.53. The highest BCUT2D eigenvalue weighted by Gasteiger charge is 2.31. The number of halogens is 3. The van der Waals surface area contributed by atoms with E-state index in [2.05, 4.69) is 9.97 Å². The van der Waals surface area contributed by atoms with E-state index in [4.69, 9.17) is 0 Å². The van der Waals surface area contributed by atoms with Gasteiger partial charge in [-0.1, -0.05) is 30.3 Å². The van der Waals surface area contributed by atoms with E-state index in [0.717, 1.165) is 28.8 Å². The van der Waals surface area contributed by atoms with Crippen LogP contribution in [-0.4, -0.2) is 9.97 Å². The van der Waals surface area contributed by atoms with E-state index in [1.165, 1.54) is 0 Å². The van der Waals surface area contributed by atoms with Gasteiger partial charge in [-0.15, -0.1) is 0 Å². The topological polar surface area (TPSA) is 45.8 Å². The molecule has 0 spiro atoms. The smallest absolute Gasteiger partial charge is 0.306 e. The number of H-pyrrole nitrogens is 1. The Labute approximate surface area is 171 Å². The van der Waals surface area contributed by atoms with E-state index >= 15 is 0 Å². The number of nitrogens with zero attached hydrogens (tertiary/aromatic N) is 1. The molecule has 0 bridgehead atoms. The second kappa shape index (κ2) is 7.13. The summed E-state index contributed by atoms with van der Waals surface area (Å²) >= 11 is 0. The normalized spacial score (nSPS) is 11.8. The predicted molar refractivity (Wildman–Crippen MR) is 112 cm³/mol. The second-order valence-electron chi connectivity index (χ2n) is 7.48. The van der Waals surface area contributed by atoms with Crippen molar-refractivity contribution in [2.45, 2.75) is 26.9 Å². The van der Waals surface area contributed by atoms with Gasteiger partial charge in [0.1, 0.15) is 5.82 Å². The molecule has 4 aromatic rings. The molecule has 0 unspecified atom stereocenters. The SMILES string of the molecule is Cc1ccc(-c2cc(-c3nc4c(C)cccc4c(=O)[nH]3)cc(C(F)(F)F)c2)cc1C. The highest BCUT2D eigenvalue weighted by molar-refractivity contribution is 5.83. The Morgan fingerprint density at radius 2 is 1.53 bits per heavy atom. The van der Waals surface area contributed by atoms with Crippen molar-refractivity contribution < 1.29 is 13.2 Å². The maximum atomic E-state index is 13.6. The van der Waals surface area contributed by atoms with E-state index < -0.39 is 11.7 Å². The second-order valence-corrected chi connectivity index (χ2v) is 7.48. The minimum absolute atomic E-state index is 0.109. The van der Waals surface area contributed by atoms with E-state index in [1.807, 2.05) is 39.0 Å². The number of aryl methyl sites for hydroxylation is 3. The van der Waals surface area contributed by atoms with Gasteiger partial charge in [0.2, 0.25) is 0 Å². The summed E-state index contributed by atoms with van der Waals surface area (Å²) in [6, 6.07) is 14.5. The summed E-state index contributed by atoms with van der Waals surface area (Å²) in [4.78, 5) is 19.6. The highest BCUT2D eigenvalue weighted by Crippen LogP contribution is 2.36. The lowest BCUT2D eigenvalue weighted by Crippen LogP contribution is -2.11. The summed E-state index contributed by atoms with van der Waals surface area (Å²) in [7, 11) is 0. The van der Waals surface area contributed by atoms with Gasteiger partial charge in [0.15, 0.2) is 0 Å². The molecule has 3 aromatic carbocycles. The third-order valence-corrected chi connectivity index (χ3v) is 5.31. The first-order valence-electron chi connectivity index (χ1n) is 9.43. The quantitative estimate of drug-likeness (QED) is 0.429. The summed E-state index contributed by atoms with van der Waals surface area (Å²) < 4.78 is 40.9. The number of rotatable bonds is 2. The standard InChI is InChI=1S/C24H19F3N2O/c1-13-7-8-16(9-15(13)3)17-10-18(12-19(11-17)24(25,26)27)22-28-21-14(2)5-4-6-20(21)23(30)29-22/h4-12H,1-3H3,(H,28,29,30). The Morgan fingerprint density at radius 3 is 2.23 bits per heavy atom. The number of aromatic amines is 1. The van der Waals surface area contributed by atoms with Crippen molar-refractivity contribution in [1.82, 2.24) is 9.97 Å². The van der Waals surface area contributed by atoms with Crippen LogP contribution in [0.1, 0.15) is 22.3 Å². The van der Waals surface area contributed by atoms with E-state index in [-0.39, 0.29) is 16.9 Å². The maximum absolute atomic E-state index is 13.6. The largest absolute Gasteiger partial charge is 0.416 e. The van der Waals surface area contributed by atoms with E-state index in [0.29, 0.717) is 22.0 Å². The Bertz CT molecular complexity index is 1340. The summed E-state index contributed by atoms with van der Waals surface area (Å²) in [5, 5.41) is 0.403. The average molecular weight is 408 g/mol. The molecule has 1 heterocycles. The van der Waals surface area contributed by atoms with Gasteiger partial charge in [-0.05, 0) is 72.9 Å². The Hall–Kier alpha value is -3.41. The van der Waals surface area contributed by atoms with E-state index in [1.54, 1.807) is 24.3 Å². The van der Waals surface area contributed by atoms with Gasteiger partial charge in [-0.25, -0.2) is 4.98 Å².